The van der Waals surface area contributed by atoms with E-state index in [-0.39, 0.29) is 5.91 Å². The largest absolute Gasteiger partial charge is 0.486 e. The smallest absolute Gasteiger partial charge is 0.243 e. The lowest BCUT2D eigenvalue weighted by molar-refractivity contribution is -0.119. The molecule has 0 saturated heterocycles. The van der Waals surface area contributed by atoms with Crippen LogP contribution in [0.15, 0.2) is 12.1 Å². The third-order valence-electron chi connectivity index (χ3n) is 2.94. The van der Waals surface area contributed by atoms with Gasteiger partial charge in [-0.3, -0.25) is 4.79 Å². The van der Waals surface area contributed by atoms with Crippen LogP contribution in [-0.2, 0) is 4.79 Å². The third-order valence-corrected chi connectivity index (χ3v) is 2.94. The number of rotatable bonds is 2. The van der Waals surface area contributed by atoms with Gasteiger partial charge in [-0.1, -0.05) is 0 Å². The number of ether oxygens (including phenoxy) is 2. The first kappa shape index (κ1) is 12.7. The first-order valence-corrected chi connectivity index (χ1v) is 5.94. The van der Waals surface area contributed by atoms with Crippen molar-refractivity contribution < 1.29 is 14.3 Å². The van der Waals surface area contributed by atoms with Crippen molar-refractivity contribution in [1.29, 1.82) is 0 Å². The summed E-state index contributed by atoms with van der Waals surface area (Å²) in [6.45, 7) is 4.69. The molecule has 2 rings (SSSR count). The van der Waals surface area contributed by atoms with Gasteiger partial charge in [0.05, 0.1) is 11.7 Å². The van der Waals surface area contributed by atoms with E-state index in [0.717, 1.165) is 17.0 Å². The fraction of sp³-hybridized carbons (Fsp3) is 0.462. The molecule has 2 N–H and O–H groups in total. The molecule has 1 amide bonds. The fourth-order valence-electron chi connectivity index (χ4n) is 1.97. The van der Waals surface area contributed by atoms with Gasteiger partial charge in [0.25, 0.3) is 0 Å². The van der Waals surface area contributed by atoms with Crippen molar-refractivity contribution in [3.63, 3.8) is 0 Å². The Kier molecular flexibility index (Phi) is 3.43. The topological polar surface area (TPSA) is 64.8 Å². The van der Waals surface area contributed by atoms with Crippen molar-refractivity contribution in [3.05, 3.63) is 17.7 Å². The van der Waals surface area contributed by atoms with Gasteiger partial charge < -0.3 is 20.1 Å². The molecule has 5 heteroatoms. The quantitative estimate of drug-likeness (QED) is 0.853. The highest BCUT2D eigenvalue weighted by Crippen LogP contribution is 2.36. The van der Waals surface area contributed by atoms with E-state index >= 15 is 0 Å². The van der Waals surface area contributed by atoms with Gasteiger partial charge in [0.2, 0.25) is 5.91 Å². The van der Waals surface area contributed by atoms with Gasteiger partial charge in [-0.2, -0.15) is 0 Å². The summed E-state index contributed by atoms with van der Waals surface area (Å²) in [6.07, 6.45) is 0. The Labute approximate surface area is 106 Å². The predicted molar refractivity (Wildman–Crippen MR) is 69.2 cm³/mol. The van der Waals surface area contributed by atoms with Crippen LogP contribution in [0.2, 0.25) is 0 Å². The van der Waals surface area contributed by atoms with E-state index in [1.54, 1.807) is 18.9 Å². The standard InChI is InChI=1S/C13H18N2O3/c1-8-6-11-12(18-5-4-17-11)7-10(8)15(3)13(16)9(2)14/h6-7,9H,4-5,14H2,1-3H3. The van der Waals surface area contributed by atoms with Crippen LogP contribution >= 0.6 is 0 Å². The van der Waals surface area contributed by atoms with E-state index in [0.29, 0.717) is 19.0 Å². The van der Waals surface area contributed by atoms with Crippen LogP contribution in [0.4, 0.5) is 5.69 Å². The van der Waals surface area contributed by atoms with E-state index < -0.39 is 6.04 Å². The lowest BCUT2D eigenvalue weighted by atomic mass is 10.1. The minimum absolute atomic E-state index is 0.130. The van der Waals surface area contributed by atoms with Crippen molar-refractivity contribution in [2.45, 2.75) is 19.9 Å². The Morgan fingerprint density at radius 2 is 1.89 bits per heavy atom. The summed E-state index contributed by atoms with van der Waals surface area (Å²) in [6, 6.07) is 3.18. The van der Waals surface area contributed by atoms with Crippen molar-refractivity contribution in [2.24, 2.45) is 5.73 Å². The van der Waals surface area contributed by atoms with Crippen molar-refractivity contribution in [1.82, 2.24) is 0 Å². The van der Waals surface area contributed by atoms with E-state index in [2.05, 4.69) is 0 Å². The molecule has 1 aliphatic rings. The lowest BCUT2D eigenvalue weighted by Gasteiger charge is -2.25. The molecule has 1 aromatic rings. The Morgan fingerprint density at radius 3 is 2.44 bits per heavy atom. The molecule has 0 aromatic heterocycles. The first-order valence-electron chi connectivity index (χ1n) is 5.94. The van der Waals surface area contributed by atoms with Crippen LogP contribution in [0.5, 0.6) is 11.5 Å². The van der Waals surface area contributed by atoms with E-state index in [1.165, 1.54) is 0 Å². The molecule has 5 nitrogen and oxygen atoms in total. The minimum atomic E-state index is -0.525. The summed E-state index contributed by atoms with van der Waals surface area (Å²) in [5.41, 5.74) is 7.36. The number of hydrogen-bond donors (Lipinski definition) is 1. The molecule has 1 atom stereocenters. The molecule has 0 saturated carbocycles. The predicted octanol–water partition coefficient (Wildman–Crippen LogP) is 1.08. The number of anilines is 1. The molecule has 0 radical (unpaired) electrons. The highest BCUT2D eigenvalue weighted by Gasteiger charge is 2.20. The van der Waals surface area contributed by atoms with E-state index in [4.69, 9.17) is 15.2 Å². The summed E-state index contributed by atoms with van der Waals surface area (Å²) in [5, 5.41) is 0. The fourth-order valence-corrected chi connectivity index (χ4v) is 1.97. The Hall–Kier alpha value is -1.75. The number of amides is 1. The number of fused-ring (bicyclic) bond motifs is 1. The van der Waals surface area contributed by atoms with Gasteiger partial charge in [0.1, 0.15) is 13.2 Å². The van der Waals surface area contributed by atoms with Gasteiger partial charge in [-0.15, -0.1) is 0 Å². The zero-order valence-corrected chi connectivity index (χ0v) is 10.9. The van der Waals surface area contributed by atoms with E-state index in [1.807, 2.05) is 19.1 Å². The Morgan fingerprint density at radius 1 is 1.33 bits per heavy atom. The number of carbonyl (C=O) groups excluding carboxylic acids is 1. The summed E-state index contributed by atoms with van der Waals surface area (Å²) in [4.78, 5) is 13.4. The van der Waals surface area contributed by atoms with Gasteiger partial charge >= 0.3 is 0 Å². The summed E-state index contributed by atoms with van der Waals surface area (Å²) < 4.78 is 11.0. The van der Waals surface area contributed by atoms with Gasteiger partial charge in [0, 0.05) is 13.1 Å². The zero-order valence-electron chi connectivity index (χ0n) is 10.9. The van der Waals surface area contributed by atoms with Gasteiger partial charge in [-0.05, 0) is 25.5 Å². The van der Waals surface area contributed by atoms with Crippen LogP contribution in [0.1, 0.15) is 12.5 Å². The monoisotopic (exact) mass is 250 g/mol. The van der Waals surface area contributed by atoms with Gasteiger partial charge in [-0.25, -0.2) is 0 Å². The molecule has 1 aromatic carbocycles. The number of likely N-dealkylation sites (N-methyl/N-ethyl adjacent to an activating group) is 1. The Balaban J connectivity index is 2.36. The maximum atomic E-state index is 11.9. The number of carbonyl (C=O) groups is 1. The van der Waals surface area contributed by atoms with Crippen molar-refractivity contribution >= 4 is 11.6 Å². The van der Waals surface area contributed by atoms with Crippen LogP contribution in [0, 0.1) is 6.92 Å². The second-order valence-electron chi connectivity index (χ2n) is 4.47. The molecule has 0 bridgehead atoms. The summed E-state index contributed by atoms with van der Waals surface area (Å²) in [7, 11) is 1.71. The number of aryl methyl sites for hydroxylation is 1. The number of nitrogens with zero attached hydrogens (tertiary/aromatic N) is 1. The van der Waals surface area contributed by atoms with Gasteiger partial charge in [0.15, 0.2) is 11.5 Å². The molecule has 98 valence electrons. The van der Waals surface area contributed by atoms with Crippen LogP contribution in [0.3, 0.4) is 0 Å². The maximum Gasteiger partial charge on any atom is 0.243 e. The number of nitrogens with two attached hydrogens (primary N) is 1. The average molecular weight is 250 g/mol. The van der Waals surface area contributed by atoms with Crippen molar-refractivity contribution in [2.75, 3.05) is 25.2 Å². The number of benzene rings is 1. The zero-order chi connectivity index (χ0) is 13.3. The molecule has 1 heterocycles. The summed E-state index contributed by atoms with van der Waals surface area (Å²) >= 11 is 0. The SMILES string of the molecule is Cc1cc2c(cc1N(C)C(=O)C(C)N)OCCO2. The molecular weight excluding hydrogens is 232 g/mol. The third kappa shape index (κ3) is 2.26. The normalized spacial score (nSPS) is 15.1. The molecule has 1 aliphatic heterocycles. The van der Waals surface area contributed by atoms with Crippen LogP contribution in [0.25, 0.3) is 0 Å². The first-order chi connectivity index (χ1) is 8.50. The van der Waals surface area contributed by atoms with Crippen LogP contribution < -0.4 is 20.1 Å². The maximum absolute atomic E-state index is 11.9. The summed E-state index contributed by atoms with van der Waals surface area (Å²) in [5.74, 6) is 1.27. The van der Waals surface area contributed by atoms with E-state index in [9.17, 15) is 4.79 Å². The second kappa shape index (κ2) is 4.86. The molecule has 1 unspecified atom stereocenters. The molecule has 0 fully saturated rings. The lowest BCUT2D eigenvalue weighted by Crippen LogP contribution is -2.40. The molecule has 18 heavy (non-hydrogen) atoms. The Bertz CT molecular complexity index is 472. The minimum Gasteiger partial charge on any atom is -0.486 e. The number of hydrogen-bond acceptors (Lipinski definition) is 4. The second-order valence-corrected chi connectivity index (χ2v) is 4.47. The molecule has 0 aliphatic carbocycles. The highest BCUT2D eigenvalue weighted by molar-refractivity contribution is 5.97. The van der Waals surface area contributed by atoms with Crippen molar-refractivity contribution in [3.8, 4) is 11.5 Å². The average Bonchev–Trinajstić information content (AvgIpc) is 2.36. The molecule has 0 spiro atoms. The van der Waals surface area contributed by atoms with Crippen LogP contribution in [-0.4, -0.2) is 32.2 Å². The highest BCUT2D eigenvalue weighted by atomic mass is 16.6. The molecular formula is C13H18N2O3.